The molecule has 1 aromatic carbocycles. The average Bonchev–Trinajstić information content (AvgIpc) is 2.89. The minimum Gasteiger partial charge on any atom is -0.338 e. The summed E-state index contributed by atoms with van der Waals surface area (Å²) in [4.78, 5) is 11.5. The molecule has 0 heterocycles. The number of hydrogen-bond donors (Lipinski definition) is 3. The largest absolute Gasteiger partial charge is 0.338 e. The lowest BCUT2D eigenvalue weighted by atomic mass is 10.1. The molecule has 1 saturated carbocycles. The van der Waals surface area contributed by atoms with Crippen LogP contribution in [0, 0.1) is 5.92 Å². The van der Waals surface area contributed by atoms with Crippen LogP contribution in [0.3, 0.4) is 0 Å². The van der Waals surface area contributed by atoms with Crippen molar-refractivity contribution in [3.05, 3.63) is 24.3 Å². The molecule has 0 aliphatic heterocycles. The lowest BCUT2D eigenvalue weighted by molar-refractivity contribution is 0.250. The van der Waals surface area contributed by atoms with E-state index in [2.05, 4.69) is 10.6 Å². The summed E-state index contributed by atoms with van der Waals surface area (Å²) in [6, 6.07) is 5.02. The minimum atomic E-state index is -4.20. The van der Waals surface area contributed by atoms with Gasteiger partial charge in [-0.05, 0) is 43.0 Å². The van der Waals surface area contributed by atoms with Crippen molar-refractivity contribution in [2.75, 3.05) is 11.9 Å². The summed E-state index contributed by atoms with van der Waals surface area (Å²) in [5.74, 6) is 0.558. The van der Waals surface area contributed by atoms with Gasteiger partial charge in [0.15, 0.2) is 0 Å². The Morgan fingerprint density at radius 3 is 2.35 bits per heavy atom. The number of urea groups is 1. The van der Waals surface area contributed by atoms with Crippen LogP contribution < -0.4 is 10.6 Å². The summed E-state index contributed by atoms with van der Waals surface area (Å²) in [5, 5.41) is 5.42. The van der Waals surface area contributed by atoms with E-state index in [0.29, 0.717) is 18.2 Å². The van der Waals surface area contributed by atoms with Gasteiger partial charge in [0.1, 0.15) is 0 Å². The monoisotopic (exact) mass is 298 g/mol. The molecule has 1 aliphatic rings. The van der Waals surface area contributed by atoms with Gasteiger partial charge in [0, 0.05) is 12.2 Å². The smallest absolute Gasteiger partial charge is 0.319 e. The summed E-state index contributed by atoms with van der Waals surface area (Å²) < 4.78 is 30.6. The Labute approximate surface area is 118 Å². The van der Waals surface area contributed by atoms with Crippen LogP contribution in [0.2, 0.25) is 0 Å². The lowest BCUT2D eigenvalue weighted by Crippen LogP contribution is -2.32. The number of nitrogens with one attached hydrogen (secondary N) is 2. The predicted molar refractivity (Wildman–Crippen MR) is 75.2 cm³/mol. The third kappa shape index (κ3) is 4.21. The van der Waals surface area contributed by atoms with Crippen LogP contribution >= 0.6 is 0 Å². The number of rotatable bonds is 4. The molecule has 0 atom stereocenters. The summed E-state index contributed by atoms with van der Waals surface area (Å²) in [7, 11) is -4.20. The lowest BCUT2D eigenvalue weighted by Gasteiger charge is -2.11. The Balaban J connectivity index is 1.84. The minimum absolute atomic E-state index is 0.200. The van der Waals surface area contributed by atoms with Gasteiger partial charge in [-0.2, -0.15) is 8.42 Å². The molecule has 110 valence electrons. The molecule has 0 saturated heterocycles. The van der Waals surface area contributed by atoms with Crippen molar-refractivity contribution in [1.29, 1.82) is 0 Å². The molecule has 1 aliphatic carbocycles. The van der Waals surface area contributed by atoms with Crippen molar-refractivity contribution >= 4 is 21.8 Å². The van der Waals surface area contributed by atoms with Gasteiger partial charge in [-0.3, -0.25) is 4.55 Å². The first-order chi connectivity index (χ1) is 9.45. The quantitative estimate of drug-likeness (QED) is 0.743. The molecule has 0 spiro atoms. The highest BCUT2D eigenvalue weighted by Gasteiger charge is 2.15. The molecular weight excluding hydrogens is 280 g/mol. The van der Waals surface area contributed by atoms with Crippen molar-refractivity contribution in [3.63, 3.8) is 0 Å². The third-order valence-corrected chi connectivity index (χ3v) is 4.30. The molecule has 2 rings (SSSR count). The first-order valence-electron chi connectivity index (χ1n) is 6.57. The molecule has 3 N–H and O–H groups in total. The van der Waals surface area contributed by atoms with E-state index < -0.39 is 10.1 Å². The molecule has 0 bridgehead atoms. The standard InChI is InChI=1S/C13H18N2O4S/c16-13(14-9-10-3-1-2-4-10)15-11-5-7-12(8-6-11)20(17,18)19/h5-8,10H,1-4,9H2,(H2,14,15,16)(H,17,18,19). The molecule has 1 aromatic rings. The van der Waals surface area contributed by atoms with E-state index in [1.807, 2.05) is 0 Å². The van der Waals surface area contributed by atoms with Gasteiger partial charge in [-0.1, -0.05) is 12.8 Å². The Hall–Kier alpha value is -1.60. The zero-order valence-electron chi connectivity index (χ0n) is 11.0. The van der Waals surface area contributed by atoms with Gasteiger partial charge in [0.25, 0.3) is 10.1 Å². The Morgan fingerprint density at radius 2 is 1.80 bits per heavy atom. The van der Waals surface area contributed by atoms with Gasteiger partial charge in [-0.25, -0.2) is 4.79 Å². The van der Waals surface area contributed by atoms with E-state index in [-0.39, 0.29) is 10.9 Å². The fourth-order valence-electron chi connectivity index (χ4n) is 2.34. The number of carbonyl (C=O) groups is 1. The second-order valence-electron chi connectivity index (χ2n) is 4.98. The first kappa shape index (κ1) is 14.8. The average molecular weight is 298 g/mol. The van der Waals surface area contributed by atoms with Gasteiger partial charge in [0.2, 0.25) is 0 Å². The number of amides is 2. The summed E-state index contributed by atoms with van der Waals surface area (Å²) in [5.41, 5.74) is 0.473. The molecule has 7 heteroatoms. The zero-order valence-corrected chi connectivity index (χ0v) is 11.8. The van der Waals surface area contributed by atoms with Crippen LogP contribution in [0.15, 0.2) is 29.2 Å². The molecule has 0 aromatic heterocycles. The van der Waals surface area contributed by atoms with E-state index in [0.717, 1.165) is 12.8 Å². The maximum Gasteiger partial charge on any atom is 0.319 e. The second-order valence-corrected chi connectivity index (χ2v) is 6.41. The summed E-state index contributed by atoms with van der Waals surface area (Å²) in [6.45, 7) is 0.662. The van der Waals surface area contributed by atoms with Gasteiger partial charge < -0.3 is 10.6 Å². The third-order valence-electron chi connectivity index (χ3n) is 3.44. The molecule has 20 heavy (non-hydrogen) atoms. The van der Waals surface area contributed by atoms with E-state index >= 15 is 0 Å². The molecule has 6 nitrogen and oxygen atoms in total. The van der Waals surface area contributed by atoms with Crippen LogP contribution in [0.1, 0.15) is 25.7 Å². The van der Waals surface area contributed by atoms with Crippen LogP contribution in [0.25, 0.3) is 0 Å². The van der Waals surface area contributed by atoms with Crippen molar-refractivity contribution in [3.8, 4) is 0 Å². The molecule has 1 fully saturated rings. The number of anilines is 1. The van der Waals surface area contributed by atoms with Crippen molar-refractivity contribution in [2.45, 2.75) is 30.6 Å². The van der Waals surface area contributed by atoms with Crippen LogP contribution in [0.5, 0.6) is 0 Å². The SMILES string of the molecule is O=C(NCC1CCCC1)Nc1ccc(S(=O)(=O)O)cc1. The zero-order chi connectivity index (χ0) is 14.6. The maximum absolute atomic E-state index is 11.7. The van der Waals surface area contributed by atoms with Crippen LogP contribution in [-0.2, 0) is 10.1 Å². The van der Waals surface area contributed by atoms with Crippen molar-refractivity contribution < 1.29 is 17.8 Å². The Kier molecular flexibility index (Phi) is 4.61. The summed E-state index contributed by atoms with van der Waals surface area (Å²) >= 11 is 0. The highest BCUT2D eigenvalue weighted by atomic mass is 32.2. The highest BCUT2D eigenvalue weighted by Crippen LogP contribution is 2.23. The topological polar surface area (TPSA) is 95.5 Å². The normalized spacial score (nSPS) is 16.1. The fraction of sp³-hybridized carbons (Fsp3) is 0.462. The van der Waals surface area contributed by atoms with Crippen LogP contribution in [0.4, 0.5) is 10.5 Å². The molecule has 2 amide bonds. The molecule has 0 unspecified atom stereocenters. The maximum atomic E-state index is 11.7. The molecule has 0 radical (unpaired) electrons. The van der Waals surface area contributed by atoms with Gasteiger partial charge >= 0.3 is 6.03 Å². The van der Waals surface area contributed by atoms with E-state index in [1.165, 1.54) is 37.1 Å². The Bertz CT molecular complexity index is 563. The van der Waals surface area contributed by atoms with Crippen molar-refractivity contribution in [1.82, 2.24) is 5.32 Å². The highest BCUT2D eigenvalue weighted by molar-refractivity contribution is 7.85. The van der Waals surface area contributed by atoms with E-state index in [1.54, 1.807) is 0 Å². The Morgan fingerprint density at radius 1 is 1.20 bits per heavy atom. The number of carbonyl (C=O) groups excluding carboxylic acids is 1. The van der Waals surface area contributed by atoms with Crippen LogP contribution in [-0.4, -0.2) is 25.5 Å². The summed E-state index contributed by atoms with van der Waals surface area (Å²) in [6.07, 6.45) is 4.77. The fourth-order valence-corrected chi connectivity index (χ4v) is 2.82. The molecular formula is C13H18N2O4S. The van der Waals surface area contributed by atoms with Gasteiger partial charge in [0.05, 0.1) is 4.90 Å². The predicted octanol–water partition coefficient (Wildman–Crippen LogP) is 2.25. The van der Waals surface area contributed by atoms with E-state index in [9.17, 15) is 13.2 Å². The second kappa shape index (κ2) is 6.23. The van der Waals surface area contributed by atoms with Gasteiger partial charge in [-0.15, -0.1) is 0 Å². The van der Waals surface area contributed by atoms with E-state index in [4.69, 9.17) is 4.55 Å². The number of benzene rings is 1. The number of hydrogen-bond acceptors (Lipinski definition) is 3. The van der Waals surface area contributed by atoms with Crippen molar-refractivity contribution in [2.24, 2.45) is 5.92 Å². The first-order valence-corrected chi connectivity index (χ1v) is 8.01.